The van der Waals surface area contributed by atoms with Gasteiger partial charge < -0.3 is 5.73 Å². The molecule has 0 aromatic carbocycles. The molecular weight excluding hydrogens is 288 g/mol. The second-order valence-corrected chi connectivity index (χ2v) is 5.15. The first-order valence-corrected chi connectivity index (χ1v) is 6.43. The van der Waals surface area contributed by atoms with Crippen molar-refractivity contribution >= 4 is 28.3 Å². The lowest BCUT2D eigenvalue weighted by Crippen LogP contribution is -2.23. The molecule has 2 nitrogen and oxygen atoms in total. The Hall–Kier alpha value is -0.120. The number of hydrogen-bond donors (Lipinski definition) is 1. The van der Waals surface area contributed by atoms with Crippen molar-refractivity contribution in [2.24, 2.45) is 11.7 Å². The van der Waals surface area contributed by atoms with Crippen molar-refractivity contribution in [3.8, 4) is 0 Å². The molecular formula is C12H18BrClN2. The highest BCUT2D eigenvalue weighted by Gasteiger charge is 2.21. The first-order chi connectivity index (χ1) is 7.27. The van der Waals surface area contributed by atoms with Gasteiger partial charge in [-0.25, -0.2) is 4.98 Å². The third kappa shape index (κ3) is 3.44. The molecule has 1 heterocycles. The number of rotatable bonds is 2. The summed E-state index contributed by atoms with van der Waals surface area (Å²) in [6.45, 7) is 0. The Morgan fingerprint density at radius 3 is 2.62 bits per heavy atom. The van der Waals surface area contributed by atoms with Gasteiger partial charge >= 0.3 is 0 Å². The molecule has 1 saturated carbocycles. The van der Waals surface area contributed by atoms with Crippen LogP contribution in [-0.2, 0) is 0 Å². The SMILES string of the molecule is Cl.N[C@@H](c1ccnc(Br)c1)C1CCCCC1. The summed E-state index contributed by atoms with van der Waals surface area (Å²) in [7, 11) is 0. The topological polar surface area (TPSA) is 38.9 Å². The number of hydrogen-bond acceptors (Lipinski definition) is 2. The van der Waals surface area contributed by atoms with Crippen molar-refractivity contribution in [1.29, 1.82) is 0 Å². The lowest BCUT2D eigenvalue weighted by Gasteiger charge is -2.27. The maximum absolute atomic E-state index is 6.29. The number of aromatic nitrogens is 1. The molecule has 4 heteroatoms. The fourth-order valence-corrected chi connectivity index (χ4v) is 2.77. The van der Waals surface area contributed by atoms with Gasteiger partial charge in [-0.1, -0.05) is 19.3 Å². The average Bonchev–Trinajstić information content (AvgIpc) is 2.29. The molecule has 0 unspecified atom stereocenters. The lowest BCUT2D eigenvalue weighted by atomic mass is 9.82. The average molecular weight is 306 g/mol. The molecule has 0 aliphatic heterocycles. The van der Waals surface area contributed by atoms with Crippen molar-refractivity contribution in [3.05, 3.63) is 28.5 Å². The first-order valence-electron chi connectivity index (χ1n) is 5.64. The molecule has 0 bridgehead atoms. The smallest absolute Gasteiger partial charge is 0.106 e. The molecule has 0 spiro atoms. The molecule has 1 aromatic heterocycles. The summed E-state index contributed by atoms with van der Waals surface area (Å²) in [4.78, 5) is 4.13. The molecule has 0 amide bonds. The molecule has 1 aliphatic rings. The predicted octanol–water partition coefficient (Wildman–Crippen LogP) is 3.85. The van der Waals surface area contributed by atoms with Crippen LogP contribution in [0.2, 0.25) is 0 Å². The largest absolute Gasteiger partial charge is 0.324 e. The Balaban J connectivity index is 0.00000128. The van der Waals surface area contributed by atoms with Gasteiger partial charge in [-0.2, -0.15) is 0 Å². The van der Waals surface area contributed by atoms with E-state index in [-0.39, 0.29) is 18.4 Å². The van der Waals surface area contributed by atoms with Gasteiger partial charge in [0.1, 0.15) is 4.60 Å². The maximum Gasteiger partial charge on any atom is 0.106 e. The molecule has 90 valence electrons. The van der Waals surface area contributed by atoms with E-state index in [9.17, 15) is 0 Å². The van der Waals surface area contributed by atoms with Gasteiger partial charge in [0.25, 0.3) is 0 Å². The molecule has 2 N–H and O–H groups in total. The van der Waals surface area contributed by atoms with Crippen LogP contribution in [0.1, 0.15) is 43.7 Å². The quantitative estimate of drug-likeness (QED) is 0.843. The number of pyridine rings is 1. The number of halogens is 2. The maximum atomic E-state index is 6.29. The van der Waals surface area contributed by atoms with E-state index in [1.54, 1.807) is 0 Å². The minimum absolute atomic E-state index is 0. The van der Waals surface area contributed by atoms with E-state index in [0.29, 0.717) is 5.92 Å². The highest BCUT2D eigenvalue weighted by Crippen LogP contribution is 2.33. The van der Waals surface area contributed by atoms with Crippen molar-refractivity contribution in [3.63, 3.8) is 0 Å². The summed E-state index contributed by atoms with van der Waals surface area (Å²) < 4.78 is 0.881. The van der Waals surface area contributed by atoms with E-state index in [2.05, 4.69) is 20.9 Å². The lowest BCUT2D eigenvalue weighted by molar-refractivity contribution is 0.308. The van der Waals surface area contributed by atoms with Crippen LogP contribution in [0.5, 0.6) is 0 Å². The monoisotopic (exact) mass is 304 g/mol. The Morgan fingerprint density at radius 2 is 2.00 bits per heavy atom. The normalized spacial score (nSPS) is 18.9. The summed E-state index contributed by atoms with van der Waals surface area (Å²) in [6, 6.07) is 4.26. The molecule has 0 radical (unpaired) electrons. The molecule has 1 atom stereocenters. The second kappa shape index (κ2) is 6.58. The molecule has 1 aliphatic carbocycles. The zero-order valence-corrected chi connectivity index (χ0v) is 11.6. The summed E-state index contributed by atoms with van der Waals surface area (Å²) in [6.07, 6.45) is 8.43. The Labute approximate surface area is 112 Å². The van der Waals surface area contributed by atoms with Gasteiger partial charge in [0, 0.05) is 12.2 Å². The van der Waals surface area contributed by atoms with Gasteiger partial charge in [0.05, 0.1) is 0 Å². The van der Waals surface area contributed by atoms with Crippen LogP contribution in [0.4, 0.5) is 0 Å². The summed E-state index contributed by atoms with van der Waals surface area (Å²) in [5.74, 6) is 0.660. The number of nitrogens with two attached hydrogens (primary N) is 1. The first kappa shape index (κ1) is 13.9. The van der Waals surface area contributed by atoms with E-state index < -0.39 is 0 Å². The second-order valence-electron chi connectivity index (χ2n) is 4.34. The van der Waals surface area contributed by atoms with E-state index in [4.69, 9.17) is 5.73 Å². The molecule has 2 rings (SSSR count). The summed E-state index contributed by atoms with van der Waals surface area (Å²) in [5.41, 5.74) is 7.50. The van der Waals surface area contributed by atoms with Gasteiger partial charge in [-0.3, -0.25) is 0 Å². The Morgan fingerprint density at radius 1 is 1.31 bits per heavy atom. The Bertz CT molecular complexity index is 327. The van der Waals surface area contributed by atoms with Crippen LogP contribution in [0.3, 0.4) is 0 Å². The molecule has 16 heavy (non-hydrogen) atoms. The van der Waals surface area contributed by atoms with Crippen LogP contribution in [-0.4, -0.2) is 4.98 Å². The number of nitrogens with zero attached hydrogens (tertiary/aromatic N) is 1. The Kier molecular flexibility index (Phi) is 5.73. The third-order valence-corrected chi connectivity index (χ3v) is 3.73. The van der Waals surface area contributed by atoms with Crippen molar-refractivity contribution in [2.75, 3.05) is 0 Å². The minimum atomic E-state index is 0. The van der Waals surface area contributed by atoms with E-state index in [0.717, 1.165) is 4.60 Å². The fraction of sp³-hybridized carbons (Fsp3) is 0.583. The van der Waals surface area contributed by atoms with Crippen LogP contribution < -0.4 is 5.73 Å². The van der Waals surface area contributed by atoms with E-state index in [1.165, 1.54) is 37.7 Å². The third-order valence-electron chi connectivity index (χ3n) is 3.29. The van der Waals surface area contributed by atoms with Crippen molar-refractivity contribution in [2.45, 2.75) is 38.1 Å². The van der Waals surface area contributed by atoms with Gasteiger partial charge in [0.15, 0.2) is 0 Å². The molecule has 1 fully saturated rings. The van der Waals surface area contributed by atoms with Crippen molar-refractivity contribution in [1.82, 2.24) is 4.98 Å². The minimum Gasteiger partial charge on any atom is -0.324 e. The standard InChI is InChI=1S/C12H17BrN2.ClH/c13-11-8-10(6-7-15-11)12(14)9-4-2-1-3-5-9;/h6-9,12H,1-5,14H2;1H/t12-;/m1./s1. The summed E-state index contributed by atoms with van der Waals surface area (Å²) >= 11 is 3.39. The summed E-state index contributed by atoms with van der Waals surface area (Å²) in [5, 5.41) is 0. The van der Waals surface area contributed by atoms with Crippen LogP contribution >= 0.6 is 28.3 Å². The fourth-order valence-electron chi connectivity index (χ4n) is 2.39. The van der Waals surface area contributed by atoms with Crippen LogP contribution in [0, 0.1) is 5.92 Å². The van der Waals surface area contributed by atoms with Gasteiger partial charge in [0.2, 0.25) is 0 Å². The molecule has 1 aromatic rings. The zero-order valence-electron chi connectivity index (χ0n) is 9.23. The van der Waals surface area contributed by atoms with E-state index >= 15 is 0 Å². The van der Waals surface area contributed by atoms with Gasteiger partial charge in [-0.05, 0) is 52.4 Å². The highest BCUT2D eigenvalue weighted by atomic mass is 79.9. The zero-order chi connectivity index (χ0) is 10.7. The van der Waals surface area contributed by atoms with Crippen molar-refractivity contribution < 1.29 is 0 Å². The highest BCUT2D eigenvalue weighted by molar-refractivity contribution is 9.10. The van der Waals surface area contributed by atoms with Crippen LogP contribution in [0.25, 0.3) is 0 Å². The van der Waals surface area contributed by atoms with Gasteiger partial charge in [-0.15, -0.1) is 12.4 Å². The van der Waals surface area contributed by atoms with Crippen LogP contribution in [0.15, 0.2) is 22.9 Å². The van der Waals surface area contributed by atoms with E-state index in [1.807, 2.05) is 18.3 Å². The molecule has 0 saturated heterocycles. The predicted molar refractivity (Wildman–Crippen MR) is 72.7 cm³/mol.